The molecule has 2 N–H and O–H groups in total. The van der Waals surface area contributed by atoms with Gasteiger partial charge in [0.05, 0.1) is 12.7 Å². The van der Waals surface area contributed by atoms with Gasteiger partial charge < -0.3 is 14.8 Å². The van der Waals surface area contributed by atoms with Crippen molar-refractivity contribution in [1.82, 2.24) is 10.6 Å². The van der Waals surface area contributed by atoms with Gasteiger partial charge in [-0.2, -0.15) is 0 Å². The summed E-state index contributed by atoms with van der Waals surface area (Å²) in [4.78, 5) is 12.3. The summed E-state index contributed by atoms with van der Waals surface area (Å²) in [5.41, 5.74) is 1.57. The van der Waals surface area contributed by atoms with Crippen LogP contribution in [-0.2, 0) is 6.54 Å². The number of rotatable bonds is 9. The number of nitrogens with one attached hydrogen (secondary N) is 2. The lowest BCUT2D eigenvalue weighted by Crippen LogP contribution is -2.38. The van der Waals surface area contributed by atoms with Crippen molar-refractivity contribution in [3.63, 3.8) is 0 Å². The van der Waals surface area contributed by atoms with E-state index in [1.165, 1.54) is 0 Å². The fourth-order valence-corrected chi connectivity index (χ4v) is 2.56. The molecule has 0 aliphatic heterocycles. The minimum Gasteiger partial charge on any atom is -0.494 e. The second-order valence-corrected chi connectivity index (χ2v) is 7.08. The van der Waals surface area contributed by atoms with E-state index in [-0.39, 0.29) is 17.1 Å². The zero-order chi connectivity index (χ0) is 20.4. The molecule has 150 valence electrons. The Morgan fingerprint density at radius 2 is 1.68 bits per heavy atom. The van der Waals surface area contributed by atoms with Crippen LogP contribution in [0.5, 0.6) is 11.5 Å². The molecule has 2 rings (SSSR count). The molecule has 0 aliphatic rings. The number of amides is 1. The van der Waals surface area contributed by atoms with Gasteiger partial charge in [-0.3, -0.25) is 10.1 Å². The van der Waals surface area contributed by atoms with Crippen molar-refractivity contribution in [1.29, 1.82) is 0 Å². The molecule has 0 aromatic heterocycles. The van der Waals surface area contributed by atoms with Crippen LogP contribution in [0, 0.1) is 0 Å². The molecule has 28 heavy (non-hydrogen) atoms. The molecule has 0 bridgehead atoms. The molecule has 5 nitrogen and oxygen atoms in total. The molecular weight excluding hydrogens is 372 g/mol. The average molecular weight is 401 g/mol. The van der Waals surface area contributed by atoms with E-state index >= 15 is 0 Å². The number of thiocarbonyl (C=S) groups is 1. The number of hydrogen-bond acceptors (Lipinski definition) is 4. The Morgan fingerprint density at radius 1 is 1.04 bits per heavy atom. The van der Waals surface area contributed by atoms with Crippen molar-refractivity contribution in [2.24, 2.45) is 0 Å². The highest BCUT2D eigenvalue weighted by molar-refractivity contribution is 7.80. The molecule has 2 aromatic carbocycles. The van der Waals surface area contributed by atoms with Crippen LogP contribution in [0.1, 0.15) is 49.5 Å². The summed E-state index contributed by atoms with van der Waals surface area (Å²) >= 11 is 5.22. The predicted octanol–water partition coefficient (Wildman–Crippen LogP) is 4.46. The van der Waals surface area contributed by atoms with Crippen molar-refractivity contribution >= 4 is 23.2 Å². The summed E-state index contributed by atoms with van der Waals surface area (Å²) in [6, 6.07) is 14.8. The summed E-state index contributed by atoms with van der Waals surface area (Å²) in [7, 11) is 0. The zero-order valence-electron chi connectivity index (χ0n) is 16.7. The quantitative estimate of drug-likeness (QED) is 0.481. The van der Waals surface area contributed by atoms with Gasteiger partial charge >= 0.3 is 0 Å². The van der Waals surface area contributed by atoms with E-state index in [9.17, 15) is 4.79 Å². The fraction of sp³-hybridized carbons (Fsp3) is 0.364. The van der Waals surface area contributed by atoms with E-state index in [4.69, 9.17) is 21.7 Å². The largest absolute Gasteiger partial charge is 0.494 e. The molecule has 0 heterocycles. The van der Waals surface area contributed by atoms with Gasteiger partial charge in [0.2, 0.25) is 0 Å². The Labute approximate surface area is 172 Å². The Kier molecular flexibility index (Phi) is 8.75. The molecule has 0 aliphatic carbocycles. The van der Waals surface area contributed by atoms with E-state index in [2.05, 4.69) is 17.6 Å². The number of carbonyl (C=O) groups is 1. The average Bonchev–Trinajstić information content (AvgIpc) is 2.68. The number of benzene rings is 2. The highest BCUT2D eigenvalue weighted by Gasteiger charge is 2.08. The van der Waals surface area contributed by atoms with Crippen molar-refractivity contribution in [3.05, 3.63) is 59.7 Å². The third-order valence-corrected chi connectivity index (χ3v) is 4.10. The lowest BCUT2D eigenvalue weighted by Gasteiger charge is -2.12. The van der Waals surface area contributed by atoms with Crippen molar-refractivity contribution in [2.45, 2.75) is 46.3 Å². The first-order valence-corrected chi connectivity index (χ1v) is 9.96. The topological polar surface area (TPSA) is 59.6 Å². The van der Waals surface area contributed by atoms with Crippen LogP contribution in [-0.4, -0.2) is 23.7 Å². The Balaban J connectivity index is 1.78. The number of carbonyl (C=O) groups excluding carboxylic acids is 1. The van der Waals surface area contributed by atoms with Gasteiger partial charge in [0.25, 0.3) is 5.91 Å². The minimum absolute atomic E-state index is 0.142. The second kappa shape index (κ2) is 11.3. The summed E-state index contributed by atoms with van der Waals surface area (Å²) in [6.07, 6.45) is 2.24. The lowest BCUT2D eigenvalue weighted by molar-refractivity contribution is 0.0976. The maximum atomic E-state index is 12.3. The molecule has 0 atom stereocenters. The zero-order valence-corrected chi connectivity index (χ0v) is 17.5. The Bertz CT molecular complexity index is 758. The predicted molar refractivity (Wildman–Crippen MR) is 116 cm³/mol. The third-order valence-electron chi connectivity index (χ3n) is 3.86. The van der Waals surface area contributed by atoms with E-state index < -0.39 is 0 Å². The molecule has 1 amide bonds. The van der Waals surface area contributed by atoms with Gasteiger partial charge in [0.1, 0.15) is 11.5 Å². The molecule has 0 saturated carbocycles. The summed E-state index contributed by atoms with van der Waals surface area (Å²) in [5.74, 6) is 1.34. The molecule has 6 heteroatoms. The van der Waals surface area contributed by atoms with Crippen LogP contribution in [0.4, 0.5) is 0 Å². The summed E-state index contributed by atoms with van der Waals surface area (Å²) < 4.78 is 11.2. The van der Waals surface area contributed by atoms with E-state index in [1.54, 1.807) is 24.3 Å². The van der Waals surface area contributed by atoms with Gasteiger partial charge in [-0.1, -0.05) is 25.5 Å². The standard InChI is InChI=1S/C22H28N2O3S/c1-4-5-14-26-19-12-8-18(9-13-19)21(25)24-22(28)23-15-17-6-10-20(11-7-17)27-16(2)3/h6-13,16H,4-5,14-15H2,1-3H3,(H2,23,24,25,28). The first-order valence-electron chi connectivity index (χ1n) is 9.55. The first kappa shape index (κ1) is 21.7. The van der Waals surface area contributed by atoms with E-state index in [0.29, 0.717) is 18.7 Å². The highest BCUT2D eigenvalue weighted by Crippen LogP contribution is 2.14. The Morgan fingerprint density at radius 3 is 2.29 bits per heavy atom. The Hall–Kier alpha value is -2.60. The maximum absolute atomic E-state index is 12.3. The third kappa shape index (κ3) is 7.56. The first-order chi connectivity index (χ1) is 13.5. The van der Waals surface area contributed by atoms with Crippen LogP contribution in [0.15, 0.2) is 48.5 Å². The molecule has 0 radical (unpaired) electrons. The monoisotopic (exact) mass is 400 g/mol. The van der Waals surface area contributed by atoms with Crippen molar-refractivity contribution in [3.8, 4) is 11.5 Å². The van der Waals surface area contributed by atoms with Crippen molar-refractivity contribution < 1.29 is 14.3 Å². The molecule has 0 unspecified atom stereocenters. The van der Waals surface area contributed by atoms with Gasteiger partial charge in [-0.05, 0) is 74.4 Å². The van der Waals surface area contributed by atoms with Crippen LogP contribution in [0.25, 0.3) is 0 Å². The highest BCUT2D eigenvalue weighted by atomic mass is 32.1. The number of hydrogen-bond donors (Lipinski definition) is 2. The molecule has 0 saturated heterocycles. The lowest BCUT2D eigenvalue weighted by atomic mass is 10.2. The van der Waals surface area contributed by atoms with Gasteiger partial charge in [-0.15, -0.1) is 0 Å². The smallest absolute Gasteiger partial charge is 0.257 e. The second-order valence-electron chi connectivity index (χ2n) is 6.67. The summed E-state index contributed by atoms with van der Waals surface area (Å²) in [6.45, 7) is 7.29. The molecule has 0 fully saturated rings. The minimum atomic E-state index is -0.252. The maximum Gasteiger partial charge on any atom is 0.257 e. The van der Waals surface area contributed by atoms with Gasteiger partial charge in [0, 0.05) is 12.1 Å². The number of unbranched alkanes of at least 4 members (excludes halogenated alkanes) is 1. The fourth-order valence-electron chi connectivity index (χ4n) is 2.40. The van der Waals surface area contributed by atoms with Crippen molar-refractivity contribution in [2.75, 3.05) is 6.61 Å². The molecule has 2 aromatic rings. The van der Waals surface area contributed by atoms with Crippen LogP contribution < -0.4 is 20.1 Å². The number of ether oxygens (including phenoxy) is 2. The van der Waals surface area contributed by atoms with E-state index in [0.717, 1.165) is 29.9 Å². The van der Waals surface area contributed by atoms with Crippen LogP contribution in [0.3, 0.4) is 0 Å². The van der Waals surface area contributed by atoms with Crippen LogP contribution in [0.2, 0.25) is 0 Å². The van der Waals surface area contributed by atoms with E-state index in [1.807, 2.05) is 38.1 Å². The summed E-state index contributed by atoms with van der Waals surface area (Å²) in [5, 5.41) is 6.02. The SMILES string of the molecule is CCCCOc1ccc(C(=O)NC(=S)NCc2ccc(OC(C)C)cc2)cc1. The van der Waals surface area contributed by atoms with Crippen LogP contribution >= 0.6 is 12.2 Å². The normalized spacial score (nSPS) is 10.4. The molecule has 0 spiro atoms. The molecular formula is C22H28N2O3S. The van der Waals surface area contributed by atoms with Gasteiger partial charge in [-0.25, -0.2) is 0 Å². The van der Waals surface area contributed by atoms with Gasteiger partial charge in [0.15, 0.2) is 5.11 Å².